The van der Waals surface area contributed by atoms with Gasteiger partial charge in [0.1, 0.15) is 17.2 Å². The quantitative estimate of drug-likeness (QED) is 0.829. The van der Waals surface area contributed by atoms with E-state index in [1.165, 1.54) is 0 Å². The molecular formula is C21H28N4O4. The first-order valence-corrected chi connectivity index (χ1v) is 10.1. The monoisotopic (exact) mass is 400 g/mol. The Hall–Kier alpha value is -2.61. The van der Waals surface area contributed by atoms with Gasteiger partial charge in [-0.15, -0.1) is 0 Å². The Morgan fingerprint density at radius 3 is 2.52 bits per heavy atom. The molecule has 2 aromatic heterocycles. The molecule has 8 nitrogen and oxygen atoms in total. The average Bonchev–Trinajstić information content (AvgIpc) is 3.25. The number of hydrogen-bond acceptors (Lipinski definition) is 5. The molecule has 0 aromatic carbocycles. The fraction of sp³-hybridized carbons (Fsp3) is 0.571. The maximum absolute atomic E-state index is 12.9. The van der Waals surface area contributed by atoms with Crippen LogP contribution < -0.4 is 0 Å². The third-order valence-corrected chi connectivity index (χ3v) is 6.33. The largest absolute Gasteiger partial charge is 0.466 e. The van der Waals surface area contributed by atoms with E-state index in [0.29, 0.717) is 49.6 Å². The zero-order valence-corrected chi connectivity index (χ0v) is 17.2. The maximum Gasteiger partial charge on any atom is 0.272 e. The zero-order valence-electron chi connectivity index (χ0n) is 17.2. The molecule has 1 atom stereocenters. The number of amides is 2. The minimum absolute atomic E-state index is 0.00613. The van der Waals surface area contributed by atoms with Crippen molar-refractivity contribution in [2.24, 2.45) is 12.5 Å². The lowest BCUT2D eigenvalue weighted by molar-refractivity contribution is -0.0302. The molecule has 2 saturated heterocycles. The Kier molecular flexibility index (Phi) is 4.98. The molecule has 2 amide bonds. The molecule has 0 aliphatic carbocycles. The van der Waals surface area contributed by atoms with Crippen LogP contribution >= 0.6 is 0 Å². The number of aliphatic hydroxyl groups excluding tert-OH is 1. The van der Waals surface area contributed by atoms with Gasteiger partial charge in [-0.3, -0.25) is 9.59 Å². The van der Waals surface area contributed by atoms with Crippen molar-refractivity contribution < 1.29 is 19.1 Å². The second-order valence-electron chi connectivity index (χ2n) is 8.55. The molecule has 4 rings (SSSR count). The molecule has 1 N–H and O–H groups in total. The van der Waals surface area contributed by atoms with Gasteiger partial charge in [0.05, 0.1) is 24.2 Å². The van der Waals surface area contributed by atoms with Gasteiger partial charge < -0.3 is 23.9 Å². The number of likely N-dealkylation sites (tertiary alicyclic amines) is 2. The number of hydrogen-bond donors (Lipinski definition) is 1. The van der Waals surface area contributed by atoms with Gasteiger partial charge >= 0.3 is 0 Å². The molecule has 2 aliphatic heterocycles. The van der Waals surface area contributed by atoms with Crippen molar-refractivity contribution in [2.75, 3.05) is 26.2 Å². The molecule has 4 heterocycles. The third kappa shape index (κ3) is 3.69. The van der Waals surface area contributed by atoms with Crippen molar-refractivity contribution in [1.29, 1.82) is 0 Å². The highest BCUT2D eigenvalue weighted by atomic mass is 16.3. The van der Waals surface area contributed by atoms with Gasteiger partial charge in [0, 0.05) is 33.2 Å². The summed E-state index contributed by atoms with van der Waals surface area (Å²) in [5.74, 6) is 1.27. The number of β-amino-alcohol motifs (C(OH)–C–C–N with tert-alkyl or cyclic N) is 1. The minimum Gasteiger partial charge on any atom is -0.466 e. The number of carbonyl (C=O) groups is 2. The van der Waals surface area contributed by atoms with Crippen LogP contribution in [0.2, 0.25) is 0 Å². The van der Waals surface area contributed by atoms with Crippen LogP contribution in [0.4, 0.5) is 0 Å². The van der Waals surface area contributed by atoms with E-state index in [4.69, 9.17) is 4.42 Å². The summed E-state index contributed by atoms with van der Waals surface area (Å²) in [5.41, 5.74) is 0.979. The second kappa shape index (κ2) is 7.33. The average molecular weight is 400 g/mol. The SMILES string of the molecule is Cc1cc(C(=O)N2CCC3(CC2)CC(O)CN(C(=O)c2cncn2C)C3)c(C)o1. The molecule has 2 fully saturated rings. The summed E-state index contributed by atoms with van der Waals surface area (Å²) < 4.78 is 7.20. The van der Waals surface area contributed by atoms with Gasteiger partial charge in [-0.1, -0.05) is 0 Å². The fourth-order valence-corrected chi connectivity index (χ4v) is 4.79. The van der Waals surface area contributed by atoms with Gasteiger partial charge in [-0.2, -0.15) is 0 Å². The standard InChI is InChI=1S/C21H28N4O4/c1-14-8-17(15(2)29-14)19(27)24-6-4-21(5-7-24)9-16(26)11-25(12-21)20(28)18-10-22-13-23(18)3/h8,10,13,16,26H,4-7,9,11-12H2,1-3H3. The molecule has 29 heavy (non-hydrogen) atoms. The van der Waals surface area contributed by atoms with E-state index in [1.54, 1.807) is 35.1 Å². The van der Waals surface area contributed by atoms with Gasteiger partial charge in [-0.25, -0.2) is 4.98 Å². The third-order valence-electron chi connectivity index (χ3n) is 6.33. The van der Waals surface area contributed by atoms with E-state index in [-0.39, 0.29) is 17.2 Å². The molecule has 2 aliphatic rings. The number of aliphatic hydroxyl groups is 1. The van der Waals surface area contributed by atoms with Crippen LogP contribution in [0.5, 0.6) is 0 Å². The van der Waals surface area contributed by atoms with E-state index in [1.807, 2.05) is 18.7 Å². The van der Waals surface area contributed by atoms with Crippen LogP contribution in [-0.2, 0) is 7.05 Å². The van der Waals surface area contributed by atoms with E-state index < -0.39 is 6.10 Å². The minimum atomic E-state index is -0.554. The van der Waals surface area contributed by atoms with E-state index in [2.05, 4.69) is 4.98 Å². The van der Waals surface area contributed by atoms with Crippen molar-refractivity contribution in [2.45, 2.75) is 39.2 Å². The Morgan fingerprint density at radius 1 is 1.21 bits per heavy atom. The predicted molar refractivity (Wildman–Crippen MR) is 105 cm³/mol. The maximum atomic E-state index is 12.9. The smallest absolute Gasteiger partial charge is 0.272 e. The number of nitrogens with zero attached hydrogens (tertiary/aromatic N) is 4. The first-order valence-electron chi connectivity index (χ1n) is 10.1. The van der Waals surface area contributed by atoms with E-state index in [0.717, 1.165) is 18.6 Å². The second-order valence-corrected chi connectivity index (χ2v) is 8.55. The number of piperidine rings is 2. The van der Waals surface area contributed by atoms with Crippen molar-refractivity contribution in [3.05, 3.63) is 41.4 Å². The number of furan rings is 1. The van der Waals surface area contributed by atoms with Crippen molar-refractivity contribution in [3.63, 3.8) is 0 Å². The summed E-state index contributed by atoms with van der Waals surface area (Å²) in [6.07, 6.45) is 4.80. The van der Waals surface area contributed by atoms with E-state index in [9.17, 15) is 14.7 Å². The van der Waals surface area contributed by atoms with Crippen molar-refractivity contribution in [3.8, 4) is 0 Å². The summed E-state index contributed by atoms with van der Waals surface area (Å²) in [6.45, 7) is 5.81. The number of carbonyl (C=O) groups excluding carboxylic acids is 2. The highest BCUT2D eigenvalue weighted by Gasteiger charge is 2.44. The van der Waals surface area contributed by atoms with Gasteiger partial charge in [-0.05, 0) is 44.6 Å². The molecule has 0 bridgehead atoms. The normalized spacial score (nSPS) is 21.6. The van der Waals surface area contributed by atoms with E-state index >= 15 is 0 Å². The number of aryl methyl sites for hydroxylation is 3. The predicted octanol–water partition coefficient (Wildman–Crippen LogP) is 1.76. The Bertz CT molecular complexity index is 923. The van der Waals surface area contributed by atoms with Crippen LogP contribution in [0.15, 0.2) is 23.0 Å². The Morgan fingerprint density at radius 2 is 1.93 bits per heavy atom. The Balaban J connectivity index is 1.45. The van der Waals surface area contributed by atoms with Crippen molar-refractivity contribution >= 4 is 11.8 Å². The molecule has 2 aromatic rings. The fourth-order valence-electron chi connectivity index (χ4n) is 4.79. The topological polar surface area (TPSA) is 91.8 Å². The molecule has 1 unspecified atom stereocenters. The highest BCUT2D eigenvalue weighted by molar-refractivity contribution is 5.95. The summed E-state index contributed by atoms with van der Waals surface area (Å²) in [7, 11) is 1.79. The van der Waals surface area contributed by atoms with Crippen LogP contribution in [0.25, 0.3) is 0 Å². The summed E-state index contributed by atoms with van der Waals surface area (Å²) in [4.78, 5) is 33.4. The summed E-state index contributed by atoms with van der Waals surface area (Å²) in [5, 5.41) is 10.5. The van der Waals surface area contributed by atoms with Gasteiger partial charge in [0.15, 0.2) is 0 Å². The first-order chi connectivity index (χ1) is 13.8. The summed E-state index contributed by atoms with van der Waals surface area (Å²) in [6, 6.07) is 1.79. The summed E-state index contributed by atoms with van der Waals surface area (Å²) >= 11 is 0. The van der Waals surface area contributed by atoms with Crippen LogP contribution in [0.3, 0.4) is 0 Å². The Labute approximate surface area is 170 Å². The molecular weight excluding hydrogens is 372 g/mol. The zero-order chi connectivity index (χ0) is 20.8. The van der Waals surface area contributed by atoms with Crippen LogP contribution in [0.1, 0.15) is 51.6 Å². The van der Waals surface area contributed by atoms with Crippen LogP contribution in [0, 0.1) is 19.3 Å². The lowest BCUT2D eigenvalue weighted by atomic mass is 9.71. The van der Waals surface area contributed by atoms with Crippen molar-refractivity contribution in [1.82, 2.24) is 19.4 Å². The number of imidazole rings is 1. The molecule has 0 radical (unpaired) electrons. The lowest BCUT2D eigenvalue weighted by Gasteiger charge is -2.49. The molecule has 8 heteroatoms. The molecule has 0 saturated carbocycles. The van der Waals surface area contributed by atoms with Gasteiger partial charge in [0.25, 0.3) is 11.8 Å². The highest BCUT2D eigenvalue weighted by Crippen LogP contribution is 2.40. The molecule has 156 valence electrons. The first kappa shape index (κ1) is 19.7. The van der Waals surface area contributed by atoms with Gasteiger partial charge in [0.2, 0.25) is 0 Å². The van der Waals surface area contributed by atoms with Crippen LogP contribution in [-0.4, -0.2) is 68.6 Å². The number of aromatic nitrogens is 2. The number of rotatable bonds is 2. The lowest BCUT2D eigenvalue weighted by Crippen LogP contribution is -2.56. The molecule has 1 spiro atoms.